The van der Waals surface area contributed by atoms with E-state index in [-0.39, 0.29) is 40.6 Å². The molecule has 0 radical (unpaired) electrons. The second-order valence-corrected chi connectivity index (χ2v) is 8.49. The molecule has 9 nitrogen and oxygen atoms in total. The molecule has 2 aromatic carbocycles. The van der Waals surface area contributed by atoms with Gasteiger partial charge in [-0.3, -0.25) is 8.98 Å². The molecular weight excluding hydrogens is 440 g/mol. The van der Waals surface area contributed by atoms with Gasteiger partial charge in [0.05, 0.1) is 23.5 Å². The summed E-state index contributed by atoms with van der Waals surface area (Å²) in [6, 6.07) is 11.5. The molecule has 0 aliphatic carbocycles. The van der Waals surface area contributed by atoms with Gasteiger partial charge in [0, 0.05) is 6.07 Å². The molecule has 170 valence electrons. The van der Waals surface area contributed by atoms with Crippen LogP contribution in [0.3, 0.4) is 0 Å². The van der Waals surface area contributed by atoms with Crippen LogP contribution in [-0.2, 0) is 19.0 Å². The van der Waals surface area contributed by atoms with Gasteiger partial charge in [0.1, 0.15) is 24.0 Å². The van der Waals surface area contributed by atoms with Gasteiger partial charge in [0.25, 0.3) is 10.1 Å². The van der Waals surface area contributed by atoms with Crippen LogP contribution in [-0.4, -0.2) is 45.4 Å². The van der Waals surface area contributed by atoms with Crippen molar-refractivity contribution in [1.29, 1.82) is 0 Å². The van der Waals surface area contributed by atoms with Gasteiger partial charge < -0.3 is 19.0 Å². The third kappa shape index (κ3) is 5.72. The number of carbonyl (C=O) groups is 1. The summed E-state index contributed by atoms with van der Waals surface area (Å²) in [6.07, 6.45) is -1.24. The zero-order valence-electron chi connectivity index (χ0n) is 17.4. The van der Waals surface area contributed by atoms with E-state index in [1.807, 2.05) is 6.92 Å². The Morgan fingerprint density at radius 3 is 2.50 bits per heavy atom. The van der Waals surface area contributed by atoms with Gasteiger partial charge >= 0.3 is 5.97 Å². The van der Waals surface area contributed by atoms with Crippen molar-refractivity contribution >= 4 is 27.1 Å². The maximum atomic E-state index is 12.3. The Balaban J connectivity index is 1.62. The second-order valence-electron chi connectivity index (χ2n) is 6.87. The molecule has 1 aromatic heterocycles. The van der Waals surface area contributed by atoms with Gasteiger partial charge in [0.15, 0.2) is 5.43 Å². The lowest BCUT2D eigenvalue weighted by molar-refractivity contribution is 0.0490. The van der Waals surface area contributed by atoms with Crippen molar-refractivity contribution in [2.75, 3.05) is 19.8 Å². The lowest BCUT2D eigenvalue weighted by Crippen LogP contribution is -2.25. The monoisotopic (exact) mass is 462 g/mol. The fourth-order valence-corrected chi connectivity index (χ4v) is 3.65. The zero-order valence-corrected chi connectivity index (χ0v) is 18.3. The SMILES string of the molecule is CCOC(=O)c1cc(=O)c2cc(OCC(O)COS(=O)(=O)c3ccc(C)cc3)ccc2o1. The van der Waals surface area contributed by atoms with Crippen molar-refractivity contribution < 1.29 is 36.4 Å². The normalized spacial score (nSPS) is 12.5. The number of carbonyl (C=O) groups excluding carboxylic acids is 1. The van der Waals surface area contributed by atoms with Crippen LogP contribution in [0, 0.1) is 6.92 Å². The molecule has 0 fully saturated rings. The van der Waals surface area contributed by atoms with Crippen LogP contribution in [0.15, 0.2) is 62.6 Å². The van der Waals surface area contributed by atoms with Crippen LogP contribution in [0.25, 0.3) is 11.0 Å². The summed E-state index contributed by atoms with van der Waals surface area (Å²) < 4.78 is 44.9. The largest absolute Gasteiger partial charge is 0.491 e. The van der Waals surface area contributed by atoms with Crippen molar-refractivity contribution in [2.24, 2.45) is 0 Å². The van der Waals surface area contributed by atoms with E-state index < -0.39 is 34.2 Å². The Bertz CT molecular complexity index is 1260. The Morgan fingerprint density at radius 1 is 1.09 bits per heavy atom. The third-order valence-electron chi connectivity index (χ3n) is 4.34. The predicted molar refractivity (Wildman–Crippen MR) is 114 cm³/mol. The molecule has 0 aliphatic heterocycles. The minimum absolute atomic E-state index is 0.0142. The summed E-state index contributed by atoms with van der Waals surface area (Å²) in [4.78, 5) is 24.1. The quantitative estimate of drug-likeness (QED) is 0.376. The number of aliphatic hydroxyl groups excluding tert-OH is 1. The van der Waals surface area contributed by atoms with E-state index in [1.54, 1.807) is 19.1 Å². The van der Waals surface area contributed by atoms with Crippen LogP contribution in [0.2, 0.25) is 0 Å². The molecular formula is C22H22O9S. The molecule has 0 bridgehead atoms. The maximum Gasteiger partial charge on any atom is 0.374 e. The fourth-order valence-electron chi connectivity index (χ4n) is 2.71. The Hall–Kier alpha value is -3.21. The number of hydrogen-bond donors (Lipinski definition) is 1. The summed E-state index contributed by atoms with van der Waals surface area (Å²) in [5.41, 5.74) is 0.604. The molecule has 0 spiro atoms. The van der Waals surface area contributed by atoms with E-state index in [9.17, 15) is 23.1 Å². The molecule has 1 atom stereocenters. The van der Waals surface area contributed by atoms with Crippen LogP contribution in [0.1, 0.15) is 23.0 Å². The fraction of sp³-hybridized carbons (Fsp3) is 0.273. The van der Waals surface area contributed by atoms with Gasteiger partial charge in [-0.15, -0.1) is 0 Å². The number of ether oxygens (including phenoxy) is 2. The number of aliphatic hydroxyl groups is 1. The first-order valence-electron chi connectivity index (χ1n) is 9.71. The highest BCUT2D eigenvalue weighted by Gasteiger charge is 2.18. The van der Waals surface area contributed by atoms with E-state index in [2.05, 4.69) is 0 Å². The average Bonchev–Trinajstić information content (AvgIpc) is 2.77. The smallest absolute Gasteiger partial charge is 0.374 e. The molecule has 1 N–H and O–H groups in total. The Kier molecular flexibility index (Phi) is 7.29. The number of benzene rings is 2. The Morgan fingerprint density at radius 2 is 1.81 bits per heavy atom. The highest BCUT2D eigenvalue weighted by atomic mass is 32.2. The lowest BCUT2D eigenvalue weighted by Gasteiger charge is -2.13. The first kappa shape index (κ1) is 23.5. The van der Waals surface area contributed by atoms with Crippen molar-refractivity contribution in [3.63, 3.8) is 0 Å². The van der Waals surface area contributed by atoms with E-state index >= 15 is 0 Å². The molecule has 0 saturated carbocycles. The Labute approximate surface area is 184 Å². The van der Waals surface area contributed by atoms with E-state index in [4.69, 9.17) is 18.1 Å². The highest BCUT2D eigenvalue weighted by molar-refractivity contribution is 7.86. The number of hydrogen-bond acceptors (Lipinski definition) is 9. The van der Waals surface area contributed by atoms with Crippen LogP contribution in [0.4, 0.5) is 0 Å². The van der Waals surface area contributed by atoms with Gasteiger partial charge in [-0.25, -0.2) is 4.79 Å². The molecule has 32 heavy (non-hydrogen) atoms. The van der Waals surface area contributed by atoms with Crippen LogP contribution < -0.4 is 10.2 Å². The van der Waals surface area contributed by atoms with E-state index in [0.717, 1.165) is 11.6 Å². The van der Waals surface area contributed by atoms with E-state index in [0.29, 0.717) is 0 Å². The standard InChI is InChI=1S/C22H22O9S/c1-3-28-22(25)21-11-19(24)18-10-16(6-9-20(18)31-21)29-12-15(23)13-30-32(26,27)17-7-4-14(2)5-8-17/h4-11,15,23H,3,12-13H2,1-2H3. The van der Waals surface area contributed by atoms with E-state index in [1.165, 1.54) is 30.3 Å². The number of fused-ring (bicyclic) bond motifs is 1. The van der Waals surface area contributed by atoms with Gasteiger partial charge in [-0.2, -0.15) is 8.42 Å². The summed E-state index contributed by atoms with van der Waals surface area (Å²) in [5.74, 6) is -0.704. The predicted octanol–water partition coefficient (Wildman–Crippen LogP) is 2.42. The molecule has 3 rings (SSSR count). The summed E-state index contributed by atoms with van der Waals surface area (Å²) in [5, 5.41) is 10.2. The summed E-state index contributed by atoms with van der Waals surface area (Å²) >= 11 is 0. The first-order chi connectivity index (χ1) is 15.2. The third-order valence-corrected chi connectivity index (χ3v) is 5.64. The van der Waals surface area contributed by atoms with Crippen molar-refractivity contribution in [3.8, 4) is 5.75 Å². The molecule has 0 amide bonds. The van der Waals surface area contributed by atoms with Gasteiger partial charge in [0.2, 0.25) is 5.76 Å². The number of esters is 1. The minimum atomic E-state index is -4.01. The first-order valence-corrected chi connectivity index (χ1v) is 11.1. The number of rotatable bonds is 9. The average molecular weight is 462 g/mol. The van der Waals surface area contributed by atoms with Crippen LogP contribution >= 0.6 is 0 Å². The lowest BCUT2D eigenvalue weighted by atomic mass is 10.2. The minimum Gasteiger partial charge on any atom is -0.491 e. The number of aryl methyl sites for hydroxylation is 1. The topological polar surface area (TPSA) is 129 Å². The molecule has 1 heterocycles. The molecule has 10 heteroatoms. The second kappa shape index (κ2) is 9.94. The van der Waals surface area contributed by atoms with Crippen molar-refractivity contribution in [3.05, 3.63) is 70.1 Å². The molecule has 3 aromatic rings. The van der Waals surface area contributed by atoms with Crippen molar-refractivity contribution in [2.45, 2.75) is 24.8 Å². The summed E-state index contributed by atoms with van der Waals surface area (Å²) in [6.45, 7) is 2.83. The zero-order chi connectivity index (χ0) is 23.3. The van der Waals surface area contributed by atoms with Crippen LogP contribution in [0.5, 0.6) is 5.75 Å². The molecule has 1 unspecified atom stereocenters. The van der Waals surface area contributed by atoms with Crippen molar-refractivity contribution in [1.82, 2.24) is 0 Å². The maximum absolute atomic E-state index is 12.3. The highest BCUT2D eigenvalue weighted by Crippen LogP contribution is 2.20. The molecule has 0 saturated heterocycles. The molecule has 0 aliphatic rings. The van der Waals surface area contributed by atoms with Gasteiger partial charge in [-0.1, -0.05) is 17.7 Å². The van der Waals surface area contributed by atoms with Gasteiger partial charge in [-0.05, 0) is 44.2 Å². The summed E-state index contributed by atoms with van der Waals surface area (Å²) in [7, 11) is -4.01.